The average Bonchev–Trinajstić information content (AvgIpc) is 3.04. The first-order valence-electron chi connectivity index (χ1n) is 9.44. The van der Waals surface area contributed by atoms with Crippen LogP contribution in [0.15, 0.2) is 28.8 Å². The van der Waals surface area contributed by atoms with Gasteiger partial charge in [0, 0.05) is 32.4 Å². The molecular formula is C20H23N5O3. The normalized spacial score (nSPS) is 14.5. The monoisotopic (exact) mass is 381 g/mol. The summed E-state index contributed by atoms with van der Waals surface area (Å²) in [5.41, 5.74) is 0.842. The maximum atomic E-state index is 12.5. The second-order valence-corrected chi connectivity index (χ2v) is 6.69. The van der Waals surface area contributed by atoms with Gasteiger partial charge < -0.3 is 19.0 Å². The van der Waals surface area contributed by atoms with E-state index < -0.39 is 5.97 Å². The summed E-state index contributed by atoms with van der Waals surface area (Å²) >= 11 is 0. The fraction of sp³-hybridized carbons (Fsp3) is 0.400. The van der Waals surface area contributed by atoms with E-state index in [0.29, 0.717) is 34.9 Å². The lowest BCUT2D eigenvalue weighted by molar-refractivity contribution is 0.0526. The van der Waals surface area contributed by atoms with E-state index in [0.717, 1.165) is 37.8 Å². The fourth-order valence-corrected chi connectivity index (χ4v) is 3.56. The lowest BCUT2D eigenvalue weighted by Crippen LogP contribution is -2.47. The molecule has 1 fully saturated rings. The van der Waals surface area contributed by atoms with Crippen molar-refractivity contribution in [3.05, 3.63) is 41.5 Å². The minimum Gasteiger partial charge on any atom is -0.462 e. The van der Waals surface area contributed by atoms with Crippen molar-refractivity contribution in [1.82, 2.24) is 15.0 Å². The summed E-state index contributed by atoms with van der Waals surface area (Å²) in [5, 5.41) is 0.632. The van der Waals surface area contributed by atoms with E-state index in [1.54, 1.807) is 20.0 Å². The average molecular weight is 381 g/mol. The van der Waals surface area contributed by atoms with E-state index in [4.69, 9.17) is 9.15 Å². The van der Waals surface area contributed by atoms with Crippen molar-refractivity contribution in [2.75, 3.05) is 42.6 Å². The molecule has 3 aromatic heterocycles. The summed E-state index contributed by atoms with van der Waals surface area (Å²) in [6.07, 6.45) is 1.80. The number of carbonyl (C=O) groups is 1. The first-order valence-corrected chi connectivity index (χ1v) is 9.44. The van der Waals surface area contributed by atoms with Crippen LogP contribution in [0, 0.1) is 13.8 Å². The lowest BCUT2D eigenvalue weighted by Gasteiger charge is -2.36. The van der Waals surface area contributed by atoms with Crippen molar-refractivity contribution in [2.45, 2.75) is 20.8 Å². The Labute approximate surface area is 163 Å². The van der Waals surface area contributed by atoms with Gasteiger partial charge >= 0.3 is 5.97 Å². The molecule has 0 aliphatic carbocycles. The number of aryl methyl sites for hydroxylation is 2. The zero-order chi connectivity index (χ0) is 19.7. The Morgan fingerprint density at radius 1 is 1.14 bits per heavy atom. The molecule has 0 N–H and O–H groups in total. The molecule has 8 nitrogen and oxygen atoms in total. The number of rotatable bonds is 4. The maximum Gasteiger partial charge on any atom is 0.342 e. The minimum atomic E-state index is -0.403. The van der Waals surface area contributed by atoms with Crippen LogP contribution < -0.4 is 9.80 Å². The highest BCUT2D eigenvalue weighted by Crippen LogP contribution is 2.33. The molecule has 146 valence electrons. The maximum absolute atomic E-state index is 12.5. The van der Waals surface area contributed by atoms with Crippen LogP contribution in [0.3, 0.4) is 0 Å². The van der Waals surface area contributed by atoms with Crippen molar-refractivity contribution < 1.29 is 13.9 Å². The standard InChI is InChI=1S/C20H23N5O3/c1-4-27-20(26)16-13(2)28-19-17(16)18(22-14(3)23-19)25-11-9-24(10-12-25)15-7-5-6-8-21-15/h5-8H,4,9-12H2,1-3H3. The van der Waals surface area contributed by atoms with Gasteiger partial charge in [-0.05, 0) is 32.9 Å². The van der Waals surface area contributed by atoms with Gasteiger partial charge in [0.15, 0.2) is 0 Å². The van der Waals surface area contributed by atoms with E-state index in [2.05, 4.69) is 24.8 Å². The number of nitrogens with zero attached hydrogens (tertiary/aromatic N) is 5. The molecule has 3 aromatic rings. The Morgan fingerprint density at radius 3 is 2.57 bits per heavy atom. The largest absolute Gasteiger partial charge is 0.462 e. The van der Waals surface area contributed by atoms with Gasteiger partial charge in [-0.3, -0.25) is 0 Å². The Bertz CT molecular complexity index is 994. The number of anilines is 2. The first kappa shape index (κ1) is 18.2. The number of aromatic nitrogens is 3. The summed E-state index contributed by atoms with van der Waals surface area (Å²) in [6, 6.07) is 5.92. The third-order valence-electron chi connectivity index (χ3n) is 4.85. The first-order chi connectivity index (χ1) is 13.6. The number of pyridine rings is 1. The molecule has 4 rings (SSSR count). The third-order valence-corrected chi connectivity index (χ3v) is 4.85. The van der Waals surface area contributed by atoms with E-state index in [9.17, 15) is 4.79 Å². The van der Waals surface area contributed by atoms with Crippen LogP contribution in [-0.2, 0) is 4.74 Å². The highest BCUT2D eigenvalue weighted by atomic mass is 16.5. The minimum absolute atomic E-state index is 0.301. The predicted molar refractivity (Wildman–Crippen MR) is 106 cm³/mol. The molecule has 0 spiro atoms. The van der Waals surface area contributed by atoms with Crippen LogP contribution in [0.4, 0.5) is 11.6 Å². The van der Waals surface area contributed by atoms with E-state index >= 15 is 0 Å². The fourth-order valence-electron chi connectivity index (χ4n) is 3.56. The Hall–Kier alpha value is -3.16. The van der Waals surface area contributed by atoms with Gasteiger partial charge in [0.25, 0.3) is 0 Å². The summed E-state index contributed by atoms with van der Waals surface area (Å²) in [6.45, 7) is 8.81. The molecule has 0 amide bonds. The van der Waals surface area contributed by atoms with Gasteiger partial charge in [-0.2, -0.15) is 4.98 Å². The second kappa shape index (κ2) is 7.46. The second-order valence-electron chi connectivity index (χ2n) is 6.69. The smallest absolute Gasteiger partial charge is 0.342 e. The molecule has 28 heavy (non-hydrogen) atoms. The number of esters is 1. The molecule has 0 bridgehead atoms. The molecule has 0 atom stereocenters. The van der Waals surface area contributed by atoms with Crippen LogP contribution in [-0.4, -0.2) is 53.7 Å². The Morgan fingerprint density at radius 2 is 1.89 bits per heavy atom. The molecule has 0 unspecified atom stereocenters. The van der Waals surface area contributed by atoms with Crippen molar-refractivity contribution in [2.24, 2.45) is 0 Å². The van der Waals surface area contributed by atoms with Crippen molar-refractivity contribution in [3.8, 4) is 0 Å². The Balaban J connectivity index is 1.68. The van der Waals surface area contributed by atoms with Crippen LogP contribution >= 0.6 is 0 Å². The van der Waals surface area contributed by atoms with Gasteiger partial charge in [-0.1, -0.05) is 6.07 Å². The molecule has 4 heterocycles. The highest BCUT2D eigenvalue weighted by molar-refractivity contribution is 6.08. The quantitative estimate of drug-likeness (QED) is 0.638. The Kier molecular flexibility index (Phi) is 4.85. The summed E-state index contributed by atoms with van der Waals surface area (Å²) < 4.78 is 11.0. The zero-order valence-corrected chi connectivity index (χ0v) is 16.3. The van der Waals surface area contributed by atoms with Crippen molar-refractivity contribution in [1.29, 1.82) is 0 Å². The molecule has 1 saturated heterocycles. The molecule has 8 heteroatoms. The molecule has 0 saturated carbocycles. The summed E-state index contributed by atoms with van der Waals surface area (Å²) in [4.78, 5) is 30.4. The van der Waals surface area contributed by atoms with Crippen LogP contribution in [0.25, 0.3) is 11.1 Å². The van der Waals surface area contributed by atoms with Crippen LogP contribution in [0.1, 0.15) is 28.9 Å². The van der Waals surface area contributed by atoms with Crippen molar-refractivity contribution >= 4 is 28.7 Å². The molecular weight excluding hydrogens is 358 g/mol. The third kappa shape index (κ3) is 3.26. The molecule has 1 aliphatic rings. The number of furan rings is 1. The summed E-state index contributed by atoms with van der Waals surface area (Å²) in [7, 11) is 0. The predicted octanol–water partition coefficient (Wildman–Crippen LogP) is 2.74. The van der Waals surface area contributed by atoms with Gasteiger partial charge in [0.1, 0.15) is 28.8 Å². The number of piperazine rings is 1. The highest BCUT2D eigenvalue weighted by Gasteiger charge is 2.28. The number of carbonyl (C=O) groups excluding carboxylic acids is 1. The number of ether oxygens (including phenoxy) is 1. The zero-order valence-electron chi connectivity index (χ0n) is 16.3. The van der Waals surface area contributed by atoms with Gasteiger partial charge in [0.2, 0.25) is 5.71 Å². The molecule has 1 aliphatic heterocycles. The van der Waals surface area contributed by atoms with E-state index in [-0.39, 0.29) is 0 Å². The number of fused-ring (bicyclic) bond motifs is 1. The van der Waals surface area contributed by atoms with Gasteiger partial charge in [-0.15, -0.1) is 0 Å². The van der Waals surface area contributed by atoms with E-state index in [1.165, 1.54) is 0 Å². The van der Waals surface area contributed by atoms with Crippen LogP contribution in [0.5, 0.6) is 0 Å². The molecule has 0 radical (unpaired) electrons. The number of hydrogen-bond acceptors (Lipinski definition) is 8. The van der Waals surface area contributed by atoms with E-state index in [1.807, 2.05) is 25.1 Å². The topological polar surface area (TPSA) is 84.6 Å². The summed E-state index contributed by atoms with van der Waals surface area (Å²) in [5.74, 6) is 2.40. The van der Waals surface area contributed by atoms with Gasteiger partial charge in [0.05, 0.1) is 12.0 Å². The number of hydrogen-bond donors (Lipinski definition) is 0. The lowest BCUT2D eigenvalue weighted by atomic mass is 10.1. The van der Waals surface area contributed by atoms with Crippen molar-refractivity contribution in [3.63, 3.8) is 0 Å². The molecule has 0 aromatic carbocycles. The SMILES string of the molecule is CCOC(=O)c1c(C)oc2nc(C)nc(N3CCN(c4ccccn4)CC3)c12. The van der Waals surface area contributed by atoms with Crippen LogP contribution in [0.2, 0.25) is 0 Å². The van der Waals surface area contributed by atoms with Gasteiger partial charge in [-0.25, -0.2) is 14.8 Å².